The molecule has 0 aliphatic heterocycles. The standard InChI is InChI=1S/C28H40FN/c1-2-3-4-5-7-10-24-13-17-26(18-14-24)21-22-27-19-15-25(16-20-27)11-8-6-9-12-28(29)23-30/h6,9,12-14,17-18,25,27H,2-5,7-8,10-11,15-16,19-22H2,1H3/b9-6+,28-12-. The van der Waals surface area contributed by atoms with Gasteiger partial charge in [-0.25, -0.2) is 0 Å². The molecule has 0 amide bonds. The lowest BCUT2D eigenvalue weighted by Crippen LogP contribution is -2.15. The Bertz CT molecular complexity index is 672. The Morgan fingerprint density at radius 3 is 2.17 bits per heavy atom. The van der Waals surface area contributed by atoms with E-state index < -0.39 is 5.83 Å². The van der Waals surface area contributed by atoms with Crippen molar-refractivity contribution in [3.8, 4) is 6.07 Å². The third-order valence-electron chi connectivity index (χ3n) is 6.63. The van der Waals surface area contributed by atoms with E-state index in [4.69, 9.17) is 5.26 Å². The molecule has 0 aromatic heterocycles. The van der Waals surface area contributed by atoms with E-state index in [1.807, 2.05) is 6.08 Å². The van der Waals surface area contributed by atoms with Crippen molar-refractivity contribution in [3.05, 3.63) is 59.4 Å². The smallest absolute Gasteiger partial charge is 0.195 e. The number of rotatable bonds is 13. The van der Waals surface area contributed by atoms with Crippen LogP contribution in [0.2, 0.25) is 0 Å². The molecule has 1 aromatic rings. The van der Waals surface area contributed by atoms with Crippen LogP contribution in [0.3, 0.4) is 0 Å². The maximum Gasteiger partial charge on any atom is 0.199 e. The number of allylic oxidation sites excluding steroid dienone is 4. The summed E-state index contributed by atoms with van der Waals surface area (Å²) >= 11 is 0. The lowest BCUT2D eigenvalue weighted by Gasteiger charge is -2.28. The average molecular weight is 410 g/mol. The summed E-state index contributed by atoms with van der Waals surface area (Å²) in [5.74, 6) is 0.971. The minimum absolute atomic E-state index is 0.719. The maximum atomic E-state index is 12.7. The van der Waals surface area contributed by atoms with E-state index >= 15 is 0 Å². The Kier molecular flexibility index (Phi) is 12.2. The molecule has 2 rings (SSSR count). The molecule has 1 aromatic carbocycles. The lowest BCUT2D eigenvalue weighted by molar-refractivity contribution is 0.254. The molecule has 0 unspecified atom stereocenters. The van der Waals surface area contributed by atoms with Crippen molar-refractivity contribution in [3.63, 3.8) is 0 Å². The fourth-order valence-corrected chi connectivity index (χ4v) is 4.60. The zero-order valence-electron chi connectivity index (χ0n) is 18.9. The van der Waals surface area contributed by atoms with Crippen LogP contribution in [0.1, 0.15) is 95.1 Å². The monoisotopic (exact) mass is 409 g/mol. The molecular weight excluding hydrogens is 369 g/mol. The summed E-state index contributed by atoms with van der Waals surface area (Å²) in [7, 11) is 0. The van der Waals surface area contributed by atoms with Crippen LogP contribution in [0.15, 0.2) is 48.3 Å². The number of benzene rings is 1. The normalized spacial score (nSPS) is 19.8. The molecule has 0 saturated heterocycles. The van der Waals surface area contributed by atoms with Gasteiger partial charge in [0.25, 0.3) is 0 Å². The molecule has 1 nitrogen and oxygen atoms in total. The van der Waals surface area contributed by atoms with Crippen LogP contribution >= 0.6 is 0 Å². The predicted octanol–water partition coefficient (Wildman–Crippen LogP) is 8.65. The second-order valence-corrected chi connectivity index (χ2v) is 9.04. The Labute approximate surface area is 184 Å². The molecule has 1 saturated carbocycles. The highest BCUT2D eigenvalue weighted by Crippen LogP contribution is 2.34. The largest absolute Gasteiger partial charge is 0.199 e. The van der Waals surface area contributed by atoms with E-state index in [0.717, 1.165) is 18.3 Å². The zero-order chi connectivity index (χ0) is 21.4. The van der Waals surface area contributed by atoms with Crippen LogP contribution in [-0.4, -0.2) is 0 Å². The first-order valence-electron chi connectivity index (χ1n) is 12.2. The summed E-state index contributed by atoms with van der Waals surface area (Å²) in [5.41, 5.74) is 2.99. The molecule has 0 N–H and O–H groups in total. The van der Waals surface area contributed by atoms with Gasteiger partial charge in [0.2, 0.25) is 0 Å². The summed E-state index contributed by atoms with van der Waals surface area (Å²) in [6.45, 7) is 2.27. The van der Waals surface area contributed by atoms with Crippen LogP contribution in [-0.2, 0) is 12.8 Å². The highest BCUT2D eigenvalue weighted by molar-refractivity contribution is 5.23. The molecule has 0 bridgehead atoms. The molecule has 1 fully saturated rings. The first-order chi connectivity index (χ1) is 14.7. The lowest BCUT2D eigenvalue weighted by atomic mass is 9.78. The molecule has 0 atom stereocenters. The SMILES string of the molecule is CCCCCCCc1ccc(CCC2CCC(CC/C=C/C=C(\F)C#N)CC2)cc1. The topological polar surface area (TPSA) is 23.8 Å². The van der Waals surface area contributed by atoms with Gasteiger partial charge in [-0.2, -0.15) is 9.65 Å². The summed E-state index contributed by atoms with van der Waals surface area (Å²) < 4.78 is 12.7. The highest BCUT2D eigenvalue weighted by atomic mass is 19.1. The quantitative estimate of drug-likeness (QED) is 0.182. The number of unbranched alkanes of at least 4 members (excludes halogenated alkanes) is 4. The van der Waals surface area contributed by atoms with Crippen LogP contribution in [0, 0.1) is 23.2 Å². The molecule has 1 aliphatic carbocycles. The summed E-state index contributed by atoms with van der Waals surface area (Å²) in [5, 5.41) is 8.38. The minimum Gasteiger partial charge on any atom is -0.195 e. The predicted molar refractivity (Wildman–Crippen MR) is 126 cm³/mol. The van der Waals surface area contributed by atoms with E-state index in [0.29, 0.717) is 0 Å². The minimum atomic E-state index is -0.719. The van der Waals surface area contributed by atoms with E-state index in [-0.39, 0.29) is 0 Å². The van der Waals surface area contributed by atoms with Crippen LogP contribution < -0.4 is 0 Å². The Balaban J connectivity index is 1.58. The fraction of sp³-hybridized carbons (Fsp3) is 0.607. The van der Waals surface area contributed by atoms with Crippen molar-refractivity contribution in [2.75, 3.05) is 0 Å². The van der Waals surface area contributed by atoms with E-state index in [1.165, 1.54) is 107 Å². The van der Waals surface area contributed by atoms with Gasteiger partial charge in [-0.15, -0.1) is 0 Å². The van der Waals surface area contributed by atoms with Crippen molar-refractivity contribution < 1.29 is 4.39 Å². The number of halogens is 1. The molecule has 30 heavy (non-hydrogen) atoms. The van der Waals surface area contributed by atoms with E-state index in [9.17, 15) is 4.39 Å². The second kappa shape index (κ2) is 15.0. The van der Waals surface area contributed by atoms with Gasteiger partial charge in [0.05, 0.1) is 0 Å². The van der Waals surface area contributed by atoms with Gasteiger partial charge in [0, 0.05) is 0 Å². The van der Waals surface area contributed by atoms with Gasteiger partial charge in [0.1, 0.15) is 6.07 Å². The first-order valence-corrected chi connectivity index (χ1v) is 12.2. The summed E-state index contributed by atoms with van der Waals surface area (Å²) in [4.78, 5) is 0. The van der Waals surface area contributed by atoms with Crippen LogP contribution in [0.25, 0.3) is 0 Å². The molecule has 0 radical (unpaired) electrons. The van der Waals surface area contributed by atoms with Gasteiger partial charge in [0.15, 0.2) is 5.83 Å². The molecule has 1 aliphatic rings. The Morgan fingerprint density at radius 1 is 0.933 bits per heavy atom. The first kappa shape index (κ1) is 24.4. The van der Waals surface area contributed by atoms with Gasteiger partial charge >= 0.3 is 0 Å². The average Bonchev–Trinajstić information content (AvgIpc) is 2.78. The number of nitriles is 1. The highest BCUT2D eigenvalue weighted by Gasteiger charge is 2.20. The van der Waals surface area contributed by atoms with Gasteiger partial charge in [-0.05, 0) is 67.6 Å². The van der Waals surface area contributed by atoms with Crippen molar-refractivity contribution in [1.29, 1.82) is 5.26 Å². The van der Waals surface area contributed by atoms with Gasteiger partial charge in [-0.1, -0.05) is 94.7 Å². The number of hydrogen-bond donors (Lipinski definition) is 0. The number of nitrogens with zero attached hydrogens (tertiary/aromatic N) is 1. The van der Waals surface area contributed by atoms with Gasteiger partial charge in [-0.3, -0.25) is 0 Å². The fourth-order valence-electron chi connectivity index (χ4n) is 4.60. The van der Waals surface area contributed by atoms with Crippen molar-refractivity contribution in [2.24, 2.45) is 11.8 Å². The zero-order valence-corrected chi connectivity index (χ0v) is 18.9. The van der Waals surface area contributed by atoms with Crippen molar-refractivity contribution in [2.45, 2.75) is 96.8 Å². The molecular formula is C28H40FN. The number of hydrogen-bond acceptors (Lipinski definition) is 1. The molecule has 164 valence electrons. The van der Waals surface area contributed by atoms with E-state index in [1.54, 1.807) is 6.08 Å². The summed E-state index contributed by atoms with van der Waals surface area (Å²) in [6.07, 6.45) is 23.0. The molecule has 0 heterocycles. The molecule has 2 heteroatoms. The van der Waals surface area contributed by atoms with Crippen molar-refractivity contribution in [1.82, 2.24) is 0 Å². The van der Waals surface area contributed by atoms with Crippen LogP contribution in [0.5, 0.6) is 0 Å². The Hall–Kier alpha value is -1.88. The van der Waals surface area contributed by atoms with E-state index in [2.05, 4.69) is 31.2 Å². The Morgan fingerprint density at radius 2 is 1.53 bits per heavy atom. The van der Waals surface area contributed by atoms with Crippen LogP contribution in [0.4, 0.5) is 4.39 Å². The maximum absolute atomic E-state index is 12.7. The van der Waals surface area contributed by atoms with Gasteiger partial charge < -0.3 is 0 Å². The molecule has 0 spiro atoms. The third-order valence-corrected chi connectivity index (χ3v) is 6.63. The second-order valence-electron chi connectivity index (χ2n) is 9.04. The van der Waals surface area contributed by atoms with Crippen molar-refractivity contribution >= 4 is 0 Å². The number of aryl methyl sites for hydroxylation is 2. The third kappa shape index (κ3) is 10.2. The summed E-state index contributed by atoms with van der Waals surface area (Å²) in [6, 6.07) is 10.9.